The molecule has 2 aromatic rings. The molecule has 0 heterocycles. The Hall–Kier alpha value is -1.96. The number of hydrogen-bond acceptors (Lipinski definition) is 2. The lowest BCUT2D eigenvalue weighted by Crippen LogP contribution is -2.02. The Morgan fingerprint density at radius 2 is 1.72 bits per heavy atom. The van der Waals surface area contributed by atoms with E-state index in [1.807, 2.05) is 24.3 Å². The smallest absolute Gasteiger partial charge is 0.122 e. The summed E-state index contributed by atoms with van der Waals surface area (Å²) in [6.07, 6.45) is 1.85. The first-order chi connectivity index (χ1) is 8.70. The second-order valence-corrected chi connectivity index (χ2v) is 4.54. The van der Waals surface area contributed by atoms with Gasteiger partial charge in [-0.25, -0.2) is 0 Å². The summed E-state index contributed by atoms with van der Waals surface area (Å²) < 4.78 is 0. The Morgan fingerprint density at radius 1 is 1.00 bits per heavy atom. The number of phenols is 2. The average Bonchev–Trinajstić information content (AvgIpc) is 2.38. The molecule has 2 aromatic carbocycles. The zero-order chi connectivity index (χ0) is 13.0. The van der Waals surface area contributed by atoms with Crippen LogP contribution in [0.4, 0.5) is 0 Å². The SMILES string of the molecule is CCC(Cc1ccccc1)c1ccc(O)cc1O. The van der Waals surface area contributed by atoms with Gasteiger partial charge in [0.15, 0.2) is 0 Å². The Morgan fingerprint density at radius 3 is 2.33 bits per heavy atom. The molecule has 1 unspecified atom stereocenters. The number of phenolic OH excluding ortho intramolecular Hbond substituents is 2. The van der Waals surface area contributed by atoms with E-state index in [1.54, 1.807) is 6.07 Å². The minimum atomic E-state index is 0.103. The quantitative estimate of drug-likeness (QED) is 0.855. The molecule has 0 saturated heterocycles. The van der Waals surface area contributed by atoms with E-state index < -0.39 is 0 Å². The Kier molecular flexibility index (Phi) is 3.88. The molecule has 2 rings (SSSR count). The van der Waals surface area contributed by atoms with Crippen molar-refractivity contribution in [2.24, 2.45) is 0 Å². The normalized spacial score (nSPS) is 12.3. The van der Waals surface area contributed by atoms with Gasteiger partial charge in [0, 0.05) is 6.07 Å². The van der Waals surface area contributed by atoms with Crippen LogP contribution < -0.4 is 0 Å². The third-order valence-electron chi connectivity index (χ3n) is 3.27. The molecule has 18 heavy (non-hydrogen) atoms. The summed E-state index contributed by atoms with van der Waals surface area (Å²) in [6, 6.07) is 15.1. The van der Waals surface area contributed by atoms with Gasteiger partial charge in [-0.15, -0.1) is 0 Å². The van der Waals surface area contributed by atoms with Crippen LogP contribution in [-0.4, -0.2) is 10.2 Å². The summed E-state index contributed by atoms with van der Waals surface area (Å²) in [6.45, 7) is 2.11. The van der Waals surface area contributed by atoms with Crippen LogP contribution in [0, 0.1) is 0 Å². The first-order valence-electron chi connectivity index (χ1n) is 6.26. The summed E-state index contributed by atoms with van der Waals surface area (Å²) in [5, 5.41) is 19.2. The van der Waals surface area contributed by atoms with Crippen LogP contribution in [0.2, 0.25) is 0 Å². The van der Waals surface area contributed by atoms with Crippen LogP contribution in [0.5, 0.6) is 11.5 Å². The summed E-state index contributed by atoms with van der Waals surface area (Å²) in [5.74, 6) is 0.552. The van der Waals surface area contributed by atoms with Crippen LogP contribution >= 0.6 is 0 Å². The molecule has 0 saturated carbocycles. The van der Waals surface area contributed by atoms with Gasteiger partial charge in [-0.1, -0.05) is 43.3 Å². The van der Waals surface area contributed by atoms with Crippen molar-refractivity contribution in [1.29, 1.82) is 0 Å². The largest absolute Gasteiger partial charge is 0.508 e. The molecule has 0 bridgehead atoms. The maximum Gasteiger partial charge on any atom is 0.122 e. The zero-order valence-electron chi connectivity index (χ0n) is 10.5. The number of hydrogen-bond donors (Lipinski definition) is 2. The second kappa shape index (κ2) is 5.58. The third kappa shape index (κ3) is 2.83. The van der Waals surface area contributed by atoms with Crippen molar-refractivity contribution in [3.8, 4) is 11.5 Å². The van der Waals surface area contributed by atoms with Crippen molar-refractivity contribution < 1.29 is 10.2 Å². The van der Waals surface area contributed by atoms with Crippen molar-refractivity contribution in [1.82, 2.24) is 0 Å². The molecule has 2 nitrogen and oxygen atoms in total. The molecule has 0 fully saturated rings. The van der Waals surface area contributed by atoms with Crippen molar-refractivity contribution >= 4 is 0 Å². The van der Waals surface area contributed by atoms with Crippen molar-refractivity contribution in [2.45, 2.75) is 25.7 Å². The highest BCUT2D eigenvalue weighted by molar-refractivity contribution is 5.41. The third-order valence-corrected chi connectivity index (χ3v) is 3.27. The fourth-order valence-corrected chi connectivity index (χ4v) is 2.25. The monoisotopic (exact) mass is 242 g/mol. The van der Waals surface area contributed by atoms with Gasteiger partial charge < -0.3 is 10.2 Å². The van der Waals surface area contributed by atoms with Gasteiger partial charge in [-0.05, 0) is 36.0 Å². The summed E-state index contributed by atoms with van der Waals surface area (Å²) >= 11 is 0. The van der Waals surface area contributed by atoms with Crippen molar-refractivity contribution in [3.05, 3.63) is 59.7 Å². The van der Waals surface area contributed by atoms with Gasteiger partial charge in [-0.2, -0.15) is 0 Å². The lowest BCUT2D eigenvalue weighted by molar-refractivity contribution is 0.440. The predicted molar refractivity (Wildman–Crippen MR) is 72.9 cm³/mol. The fourth-order valence-electron chi connectivity index (χ4n) is 2.25. The molecule has 0 aromatic heterocycles. The number of rotatable bonds is 4. The summed E-state index contributed by atoms with van der Waals surface area (Å²) in [5.41, 5.74) is 2.16. The minimum Gasteiger partial charge on any atom is -0.508 e. The first kappa shape index (κ1) is 12.5. The molecule has 1 atom stereocenters. The van der Waals surface area contributed by atoms with Crippen molar-refractivity contribution in [2.75, 3.05) is 0 Å². The van der Waals surface area contributed by atoms with Crippen LogP contribution in [0.1, 0.15) is 30.4 Å². The van der Waals surface area contributed by atoms with Gasteiger partial charge in [0.25, 0.3) is 0 Å². The molecule has 0 aliphatic rings. The Labute approximate surface area is 108 Å². The van der Waals surface area contributed by atoms with E-state index in [9.17, 15) is 10.2 Å². The van der Waals surface area contributed by atoms with Crippen LogP contribution in [0.3, 0.4) is 0 Å². The van der Waals surface area contributed by atoms with Gasteiger partial charge >= 0.3 is 0 Å². The molecule has 0 aliphatic carbocycles. The predicted octanol–water partition coefficient (Wildman–Crippen LogP) is 3.83. The molecular formula is C16H18O2. The molecule has 2 heteroatoms. The zero-order valence-corrected chi connectivity index (χ0v) is 10.5. The molecule has 0 spiro atoms. The summed E-state index contributed by atoms with van der Waals surface area (Å²) in [7, 11) is 0. The van der Waals surface area contributed by atoms with E-state index in [4.69, 9.17) is 0 Å². The van der Waals surface area contributed by atoms with Crippen LogP contribution in [0.25, 0.3) is 0 Å². The van der Waals surface area contributed by atoms with Gasteiger partial charge in [0.2, 0.25) is 0 Å². The van der Waals surface area contributed by atoms with Gasteiger partial charge in [0.05, 0.1) is 0 Å². The number of benzene rings is 2. The molecule has 2 N–H and O–H groups in total. The van der Waals surface area contributed by atoms with E-state index in [0.29, 0.717) is 0 Å². The maximum absolute atomic E-state index is 9.91. The highest BCUT2D eigenvalue weighted by Gasteiger charge is 2.14. The molecular weight excluding hydrogens is 224 g/mol. The van der Waals surface area contributed by atoms with E-state index >= 15 is 0 Å². The lowest BCUT2D eigenvalue weighted by atomic mass is 9.89. The standard InChI is InChI=1S/C16H18O2/c1-2-13(10-12-6-4-3-5-7-12)15-9-8-14(17)11-16(15)18/h3-9,11,13,17-18H,2,10H2,1H3. The Bertz CT molecular complexity index is 506. The van der Waals surface area contributed by atoms with Crippen LogP contribution in [-0.2, 0) is 6.42 Å². The average molecular weight is 242 g/mol. The molecule has 0 radical (unpaired) electrons. The minimum absolute atomic E-state index is 0.103. The van der Waals surface area contributed by atoms with Crippen molar-refractivity contribution in [3.63, 3.8) is 0 Å². The molecule has 0 amide bonds. The van der Waals surface area contributed by atoms with Gasteiger partial charge in [0.1, 0.15) is 11.5 Å². The van der Waals surface area contributed by atoms with Gasteiger partial charge in [-0.3, -0.25) is 0 Å². The number of aromatic hydroxyl groups is 2. The van der Waals surface area contributed by atoms with E-state index in [2.05, 4.69) is 19.1 Å². The highest BCUT2D eigenvalue weighted by atomic mass is 16.3. The highest BCUT2D eigenvalue weighted by Crippen LogP contribution is 2.33. The van der Waals surface area contributed by atoms with E-state index in [0.717, 1.165) is 18.4 Å². The maximum atomic E-state index is 9.91. The van der Waals surface area contributed by atoms with Crippen LogP contribution in [0.15, 0.2) is 48.5 Å². The summed E-state index contributed by atoms with van der Waals surface area (Å²) in [4.78, 5) is 0. The molecule has 94 valence electrons. The fraction of sp³-hybridized carbons (Fsp3) is 0.250. The first-order valence-corrected chi connectivity index (χ1v) is 6.26. The van der Waals surface area contributed by atoms with E-state index in [1.165, 1.54) is 11.6 Å². The molecule has 0 aliphatic heterocycles. The van der Waals surface area contributed by atoms with E-state index in [-0.39, 0.29) is 17.4 Å². The topological polar surface area (TPSA) is 40.5 Å². The Balaban J connectivity index is 2.23. The lowest BCUT2D eigenvalue weighted by Gasteiger charge is -2.17. The second-order valence-electron chi connectivity index (χ2n) is 4.54.